The van der Waals surface area contributed by atoms with Gasteiger partial charge in [0.15, 0.2) is 5.16 Å². The van der Waals surface area contributed by atoms with Crippen LogP contribution >= 0.6 is 23.4 Å². The van der Waals surface area contributed by atoms with Crippen LogP contribution in [0.3, 0.4) is 0 Å². The number of rotatable bonds is 5. The number of hydrogen-bond donors (Lipinski definition) is 0. The Balaban J connectivity index is 1.57. The molecule has 0 aliphatic heterocycles. The van der Waals surface area contributed by atoms with E-state index in [9.17, 15) is 4.39 Å². The largest absolute Gasteiger partial charge is 0.303 e. The van der Waals surface area contributed by atoms with Crippen molar-refractivity contribution < 1.29 is 4.39 Å². The van der Waals surface area contributed by atoms with Gasteiger partial charge in [-0.3, -0.25) is 0 Å². The molecule has 2 fully saturated rings. The fourth-order valence-electron chi connectivity index (χ4n) is 2.49. The van der Waals surface area contributed by atoms with Crippen LogP contribution in [0.4, 0.5) is 4.39 Å². The van der Waals surface area contributed by atoms with Crippen molar-refractivity contribution in [2.24, 2.45) is 0 Å². The second-order valence-electron chi connectivity index (χ2n) is 5.71. The number of nitrogens with zero attached hydrogens (tertiary/aromatic N) is 3. The van der Waals surface area contributed by atoms with E-state index in [2.05, 4.69) is 14.8 Å². The van der Waals surface area contributed by atoms with Crippen molar-refractivity contribution in [1.82, 2.24) is 14.8 Å². The number of hydrogen-bond acceptors (Lipinski definition) is 3. The van der Waals surface area contributed by atoms with E-state index in [0.717, 1.165) is 11.0 Å². The topological polar surface area (TPSA) is 30.7 Å². The summed E-state index contributed by atoms with van der Waals surface area (Å²) < 4.78 is 16.1. The van der Waals surface area contributed by atoms with Gasteiger partial charge in [-0.1, -0.05) is 29.4 Å². The molecule has 1 aromatic heterocycles. The summed E-state index contributed by atoms with van der Waals surface area (Å²) in [5, 5.41) is 10.1. The number of aromatic nitrogens is 3. The molecular formula is C15H15ClFN3S. The van der Waals surface area contributed by atoms with Gasteiger partial charge in [-0.25, -0.2) is 4.39 Å². The Hall–Kier alpha value is -1.07. The monoisotopic (exact) mass is 323 g/mol. The molecule has 2 aliphatic carbocycles. The standard InChI is InChI=1S/C15H15ClFN3S/c16-12-2-1-3-13(17)11(12)8-21-15-19-18-14(9-4-5-9)20(15)10-6-7-10/h1-3,9-10H,4-8H2. The van der Waals surface area contributed by atoms with Crippen molar-refractivity contribution in [1.29, 1.82) is 0 Å². The van der Waals surface area contributed by atoms with Crippen LogP contribution in [0.15, 0.2) is 23.4 Å². The molecule has 0 amide bonds. The van der Waals surface area contributed by atoms with Crippen LogP contribution in [-0.2, 0) is 5.75 Å². The zero-order valence-electron chi connectivity index (χ0n) is 11.4. The van der Waals surface area contributed by atoms with Crippen LogP contribution in [0.5, 0.6) is 0 Å². The highest BCUT2D eigenvalue weighted by atomic mass is 35.5. The molecule has 2 aromatic rings. The van der Waals surface area contributed by atoms with Gasteiger partial charge in [0.1, 0.15) is 11.6 Å². The molecule has 0 N–H and O–H groups in total. The zero-order chi connectivity index (χ0) is 14.4. The van der Waals surface area contributed by atoms with E-state index in [0.29, 0.717) is 28.3 Å². The van der Waals surface area contributed by atoms with Gasteiger partial charge in [0.25, 0.3) is 0 Å². The smallest absolute Gasteiger partial charge is 0.191 e. The molecule has 110 valence electrons. The van der Waals surface area contributed by atoms with Gasteiger partial charge >= 0.3 is 0 Å². The molecule has 0 radical (unpaired) electrons. The van der Waals surface area contributed by atoms with Crippen LogP contribution in [0.25, 0.3) is 0 Å². The van der Waals surface area contributed by atoms with Crippen LogP contribution in [0.2, 0.25) is 5.02 Å². The molecule has 21 heavy (non-hydrogen) atoms. The molecular weight excluding hydrogens is 309 g/mol. The van der Waals surface area contributed by atoms with Gasteiger partial charge < -0.3 is 4.57 Å². The predicted octanol–water partition coefficient (Wildman–Crippen LogP) is 4.58. The molecule has 2 saturated carbocycles. The molecule has 6 heteroatoms. The third-order valence-corrected chi connectivity index (χ3v) is 5.28. The minimum Gasteiger partial charge on any atom is -0.303 e. The predicted molar refractivity (Wildman–Crippen MR) is 81.2 cm³/mol. The highest BCUT2D eigenvalue weighted by Crippen LogP contribution is 2.46. The molecule has 0 unspecified atom stereocenters. The van der Waals surface area contributed by atoms with Crippen molar-refractivity contribution in [3.8, 4) is 0 Å². The van der Waals surface area contributed by atoms with E-state index in [4.69, 9.17) is 11.6 Å². The summed E-state index contributed by atoms with van der Waals surface area (Å²) in [5.74, 6) is 1.94. The first-order valence-electron chi connectivity index (χ1n) is 7.24. The van der Waals surface area contributed by atoms with Gasteiger partial charge in [0, 0.05) is 28.3 Å². The fraction of sp³-hybridized carbons (Fsp3) is 0.467. The third-order valence-electron chi connectivity index (χ3n) is 3.95. The summed E-state index contributed by atoms with van der Waals surface area (Å²) in [4.78, 5) is 0. The minimum absolute atomic E-state index is 0.255. The normalized spacial score (nSPS) is 18.2. The molecule has 0 atom stereocenters. The minimum atomic E-state index is -0.255. The Morgan fingerprint density at radius 3 is 2.71 bits per heavy atom. The first-order chi connectivity index (χ1) is 10.2. The Labute approximate surface area is 131 Å². The molecule has 1 aromatic carbocycles. The van der Waals surface area contributed by atoms with Crippen molar-refractivity contribution in [2.75, 3.05) is 0 Å². The highest BCUT2D eigenvalue weighted by molar-refractivity contribution is 7.98. The number of benzene rings is 1. The van der Waals surface area contributed by atoms with E-state index in [1.807, 2.05) is 0 Å². The maximum Gasteiger partial charge on any atom is 0.191 e. The maximum atomic E-state index is 13.8. The lowest BCUT2D eigenvalue weighted by Gasteiger charge is -2.09. The maximum absolute atomic E-state index is 13.8. The summed E-state index contributed by atoms with van der Waals surface area (Å²) in [6, 6.07) is 5.35. The first kappa shape index (κ1) is 13.6. The Morgan fingerprint density at radius 1 is 1.24 bits per heavy atom. The van der Waals surface area contributed by atoms with Gasteiger partial charge in [-0.05, 0) is 37.8 Å². The quantitative estimate of drug-likeness (QED) is 0.755. The summed E-state index contributed by atoms with van der Waals surface area (Å²) in [7, 11) is 0. The van der Waals surface area contributed by atoms with Gasteiger partial charge in [0.2, 0.25) is 0 Å². The molecule has 0 bridgehead atoms. The second-order valence-corrected chi connectivity index (χ2v) is 7.05. The van der Waals surface area contributed by atoms with Crippen molar-refractivity contribution in [3.05, 3.63) is 40.4 Å². The molecule has 0 saturated heterocycles. The lowest BCUT2D eigenvalue weighted by molar-refractivity contribution is 0.615. The van der Waals surface area contributed by atoms with Crippen molar-refractivity contribution in [2.45, 2.75) is 48.6 Å². The molecule has 4 rings (SSSR count). The van der Waals surface area contributed by atoms with Crippen LogP contribution in [-0.4, -0.2) is 14.8 Å². The van der Waals surface area contributed by atoms with Gasteiger partial charge in [0.05, 0.1) is 0 Å². The lowest BCUT2D eigenvalue weighted by Crippen LogP contribution is -2.02. The Morgan fingerprint density at radius 2 is 2.05 bits per heavy atom. The highest BCUT2D eigenvalue weighted by Gasteiger charge is 2.36. The summed E-state index contributed by atoms with van der Waals surface area (Å²) in [6.07, 6.45) is 4.83. The summed E-state index contributed by atoms with van der Waals surface area (Å²) >= 11 is 7.61. The van der Waals surface area contributed by atoms with E-state index in [1.165, 1.54) is 43.5 Å². The van der Waals surface area contributed by atoms with Crippen LogP contribution < -0.4 is 0 Å². The van der Waals surface area contributed by atoms with Crippen molar-refractivity contribution >= 4 is 23.4 Å². The van der Waals surface area contributed by atoms with E-state index in [-0.39, 0.29) is 5.82 Å². The average molecular weight is 324 g/mol. The SMILES string of the molecule is Fc1cccc(Cl)c1CSc1nnc(C2CC2)n1C1CC1. The third kappa shape index (κ3) is 2.69. The lowest BCUT2D eigenvalue weighted by atomic mass is 10.2. The molecule has 2 aliphatic rings. The first-order valence-corrected chi connectivity index (χ1v) is 8.61. The second kappa shape index (κ2) is 5.29. The van der Waals surface area contributed by atoms with E-state index >= 15 is 0 Å². The van der Waals surface area contributed by atoms with Crippen molar-refractivity contribution in [3.63, 3.8) is 0 Å². The summed E-state index contributed by atoms with van der Waals surface area (Å²) in [6.45, 7) is 0. The molecule has 0 spiro atoms. The molecule has 3 nitrogen and oxygen atoms in total. The van der Waals surface area contributed by atoms with Crippen LogP contribution in [0.1, 0.15) is 49.0 Å². The Kier molecular flexibility index (Phi) is 3.42. The van der Waals surface area contributed by atoms with Gasteiger partial charge in [-0.2, -0.15) is 0 Å². The number of thioether (sulfide) groups is 1. The molecule has 1 heterocycles. The Bertz CT molecular complexity index is 659. The van der Waals surface area contributed by atoms with Gasteiger partial charge in [-0.15, -0.1) is 10.2 Å². The average Bonchev–Trinajstić information content (AvgIpc) is 3.37. The fourth-order valence-corrected chi connectivity index (χ4v) is 3.85. The zero-order valence-corrected chi connectivity index (χ0v) is 13.0. The van der Waals surface area contributed by atoms with E-state index < -0.39 is 0 Å². The summed E-state index contributed by atoms with van der Waals surface area (Å²) in [5.41, 5.74) is 0.544. The van der Waals surface area contributed by atoms with Crippen LogP contribution in [0, 0.1) is 5.82 Å². The number of halogens is 2. The van der Waals surface area contributed by atoms with E-state index in [1.54, 1.807) is 12.1 Å².